The zero-order chi connectivity index (χ0) is 13.1. The van der Waals surface area contributed by atoms with Crippen molar-refractivity contribution < 1.29 is 13.6 Å². The molecule has 0 atom stereocenters. The van der Waals surface area contributed by atoms with Gasteiger partial charge in [0.05, 0.1) is 12.0 Å². The van der Waals surface area contributed by atoms with Crippen LogP contribution in [0.25, 0.3) is 0 Å². The average molecular weight is 237 g/mol. The Labute approximate surface area is 99.0 Å². The quantitative estimate of drug-likeness (QED) is 0.801. The fourth-order valence-electron chi connectivity index (χ4n) is 1.29. The Morgan fingerprint density at radius 3 is 2.71 bits per heavy atom. The van der Waals surface area contributed by atoms with Crippen LogP contribution in [0.5, 0.6) is 0 Å². The van der Waals surface area contributed by atoms with Gasteiger partial charge in [0.1, 0.15) is 0 Å². The Bertz CT molecular complexity index is 475. The van der Waals surface area contributed by atoms with Gasteiger partial charge in [0.2, 0.25) is 5.91 Å². The second kappa shape index (κ2) is 4.96. The summed E-state index contributed by atoms with van der Waals surface area (Å²) < 4.78 is 26.2. The molecule has 0 fully saturated rings. The van der Waals surface area contributed by atoms with Gasteiger partial charge in [0.15, 0.2) is 11.6 Å². The fourth-order valence-corrected chi connectivity index (χ4v) is 1.29. The van der Waals surface area contributed by atoms with Gasteiger partial charge in [-0.15, -0.1) is 6.42 Å². The molecule has 1 aromatic carbocycles. The summed E-state index contributed by atoms with van der Waals surface area (Å²) in [4.78, 5) is 11.6. The first kappa shape index (κ1) is 13.2. The van der Waals surface area contributed by atoms with Gasteiger partial charge in [-0.2, -0.15) is 0 Å². The zero-order valence-corrected chi connectivity index (χ0v) is 9.68. The summed E-state index contributed by atoms with van der Waals surface area (Å²) in [5.41, 5.74) is -0.795. The number of halogens is 2. The van der Waals surface area contributed by atoms with Gasteiger partial charge >= 0.3 is 0 Å². The normalized spacial score (nSPS) is 10.8. The van der Waals surface area contributed by atoms with Crippen LogP contribution in [0, 0.1) is 24.0 Å². The summed E-state index contributed by atoms with van der Waals surface area (Å²) in [6.45, 7) is 3.29. The average Bonchev–Trinajstić information content (AvgIpc) is 2.24. The van der Waals surface area contributed by atoms with Gasteiger partial charge in [-0.3, -0.25) is 4.79 Å². The van der Waals surface area contributed by atoms with Crippen molar-refractivity contribution in [2.45, 2.75) is 25.8 Å². The molecule has 0 saturated heterocycles. The first-order chi connectivity index (χ1) is 7.85. The molecule has 1 N–H and O–H groups in total. The molecule has 0 bridgehead atoms. The Morgan fingerprint density at radius 1 is 1.47 bits per heavy atom. The lowest BCUT2D eigenvalue weighted by Crippen LogP contribution is -2.42. The van der Waals surface area contributed by atoms with E-state index in [0.29, 0.717) is 0 Å². The minimum atomic E-state index is -0.999. The van der Waals surface area contributed by atoms with Crippen LogP contribution in [0.2, 0.25) is 0 Å². The van der Waals surface area contributed by atoms with Crippen molar-refractivity contribution in [1.29, 1.82) is 0 Å². The van der Waals surface area contributed by atoms with Crippen molar-refractivity contribution in [2.24, 2.45) is 0 Å². The van der Waals surface area contributed by atoms with Gasteiger partial charge < -0.3 is 5.32 Å². The second-order valence-electron chi connectivity index (χ2n) is 4.21. The van der Waals surface area contributed by atoms with Crippen LogP contribution in [0.15, 0.2) is 18.2 Å². The van der Waals surface area contributed by atoms with Crippen LogP contribution < -0.4 is 5.32 Å². The summed E-state index contributed by atoms with van der Waals surface area (Å²) >= 11 is 0. The van der Waals surface area contributed by atoms with E-state index < -0.39 is 23.1 Å². The van der Waals surface area contributed by atoms with E-state index in [9.17, 15) is 13.6 Å². The lowest BCUT2D eigenvalue weighted by atomic mass is 10.1. The first-order valence-corrected chi connectivity index (χ1v) is 5.07. The predicted molar refractivity (Wildman–Crippen MR) is 61.1 cm³/mol. The Morgan fingerprint density at radius 2 is 2.12 bits per heavy atom. The highest BCUT2D eigenvalue weighted by Crippen LogP contribution is 2.12. The molecule has 17 heavy (non-hydrogen) atoms. The molecule has 0 aliphatic heterocycles. The van der Waals surface area contributed by atoms with Gasteiger partial charge in [-0.25, -0.2) is 8.78 Å². The summed E-state index contributed by atoms with van der Waals surface area (Å²) in [6.07, 6.45) is 4.96. The maximum Gasteiger partial charge on any atom is 0.225 e. The molecule has 2 nitrogen and oxygen atoms in total. The van der Waals surface area contributed by atoms with Crippen LogP contribution in [0.1, 0.15) is 19.4 Å². The van der Waals surface area contributed by atoms with Crippen molar-refractivity contribution in [2.75, 3.05) is 0 Å². The van der Waals surface area contributed by atoms with Crippen LogP contribution in [0.3, 0.4) is 0 Å². The number of rotatable bonds is 3. The minimum absolute atomic E-state index is 0.00956. The number of hydrogen-bond acceptors (Lipinski definition) is 1. The second-order valence-corrected chi connectivity index (χ2v) is 4.21. The van der Waals surface area contributed by atoms with Gasteiger partial charge in [0, 0.05) is 5.56 Å². The highest BCUT2D eigenvalue weighted by Gasteiger charge is 2.18. The van der Waals surface area contributed by atoms with E-state index in [0.717, 1.165) is 6.07 Å². The SMILES string of the molecule is C#CC(C)(C)NC(=O)Cc1cccc(F)c1F. The Balaban J connectivity index is 2.76. The van der Waals surface area contributed by atoms with Crippen molar-refractivity contribution in [3.8, 4) is 12.3 Å². The molecule has 0 unspecified atom stereocenters. The van der Waals surface area contributed by atoms with Crippen LogP contribution >= 0.6 is 0 Å². The predicted octanol–water partition coefficient (Wildman–Crippen LogP) is 2.04. The number of carbonyl (C=O) groups is 1. The highest BCUT2D eigenvalue weighted by atomic mass is 19.2. The smallest absolute Gasteiger partial charge is 0.225 e. The van der Waals surface area contributed by atoms with E-state index in [1.807, 2.05) is 0 Å². The fraction of sp³-hybridized carbons (Fsp3) is 0.308. The standard InChI is InChI=1S/C13H13F2NO/c1-4-13(2,3)16-11(17)8-9-6-5-7-10(14)12(9)15/h1,5-7H,8H2,2-3H3,(H,16,17). The van der Waals surface area contributed by atoms with Crippen LogP contribution in [-0.4, -0.2) is 11.4 Å². The van der Waals surface area contributed by atoms with E-state index in [2.05, 4.69) is 11.2 Å². The monoisotopic (exact) mass is 237 g/mol. The third-order valence-corrected chi connectivity index (χ3v) is 2.20. The summed E-state index contributed by atoms with van der Waals surface area (Å²) in [6, 6.07) is 3.72. The number of carbonyl (C=O) groups excluding carboxylic acids is 1. The molecule has 90 valence electrons. The van der Waals surface area contributed by atoms with E-state index in [1.54, 1.807) is 13.8 Å². The Hall–Kier alpha value is -1.89. The third-order valence-electron chi connectivity index (χ3n) is 2.20. The summed E-state index contributed by atoms with van der Waals surface area (Å²) in [5.74, 6) is -0.0277. The van der Waals surface area contributed by atoms with Crippen molar-refractivity contribution in [1.82, 2.24) is 5.32 Å². The van der Waals surface area contributed by atoms with Gasteiger partial charge in [0.25, 0.3) is 0 Å². The number of amides is 1. The van der Waals surface area contributed by atoms with Gasteiger partial charge in [-0.1, -0.05) is 18.1 Å². The molecule has 1 amide bonds. The van der Waals surface area contributed by atoms with Crippen molar-refractivity contribution in [3.63, 3.8) is 0 Å². The molecule has 0 radical (unpaired) electrons. The van der Waals surface area contributed by atoms with Crippen LogP contribution in [0.4, 0.5) is 8.78 Å². The largest absolute Gasteiger partial charge is 0.340 e. The minimum Gasteiger partial charge on any atom is -0.340 e. The van der Waals surface area contributed by atoms with E-state index >= 15 is 0 Å². The molecule has 1 aromatic rings. The van der Waals surface area contributed by atoms with Gasteiger partial charge in [-0.05, 0) is 19.9 Å². The number of hydrogen-bond donors (Lipinski definition) is 1. The maximum atomic E-state index is 13.3. The number of terminal acetylenes is 1. The molecule has 1 rings (SSSR count). The molecule has 0 aliphatic carbocycles. The lowest BCUT2D eigenvalue weighted by Gasteiger charge is -2.19. The van der Waals surface area contributed by atoms with Crippen molar-refractivity contribution >= 4 is 5.91 Å². The number of nitrogens with one attached hydrogen (secondary N) is 1. The summed E-state index contributed by atoms with van der Waals surface area (Å²) in [5, 5.41) is 2.54. The lowest BCUT2D eigenvalue weighted by molar-refractivity contribution is -0.121. The topological polar surface area (TPSA) is 29.1 Å². The Kier molecular flexibility index (Phi) is 3.84. The maximum absolute atomic E-state index is 13.3. The molecule has 4 heteroatoms. The molecule has 0 aromatic heterocycles. The zero-order valence-electron chi connectivity index (χ0n) is 9.68. The molecular weight excluding hydrogens is 224 g/mol. The van der Waals surface area contributed by atoms with Crippen LogP contribution in [-0.2, 0) is 11.2 Å². The molecular formula is C13H13F2NO. The first-order valence-electron chi connectivity index (χ1n) is 5.07. The highest BCUT2D eigenvalue weighted by molar-refractivity contribution is 5.79. The molecule has 0 heterocycles. The van der Waals surface area contributed by atoms with E-state index in [4.69, 9.17) is 6.42 Å². The molecule has 0 saturated carbocycles. The molecule has 0 spiro atoms. The number of benzene rings is 1. The molecule has 0 aliphatic rings. The summed E-state index contributed by atoms with van der Waals surface area (Å²) in [7, 11) is 0. The third kappa shape index (κ3) is 3.56. The van der Waals surface area contributed by atoms with E-state index in [1.165, 1.54) is 12.1 Å². The van der Waals surface area contributed by atoms with Crippen molar-refractivity contribution in [3.05, 3.63) is 35.4 Å². The van der Waals surface area contributed by atoms with E-state index in [-0.39, 0.29) is 12.0 Å².